The lowest BCUT2D eigenvalue weighted by molar-refractivity contribution is 0.0697. The van der Waals surface area contributed by atoms with Crippen LogP contribution in [0.15, 0.2) is 24.3 Å². The summed E-state index contributed by atoms with van der Waals surface area (Å²) in [7, 11) is 0. The molecule has 0 aromatic heterocycles. The molecule has 2 atom stereocenters. The Balaban J connectivity index is 1.65. The minimum atomic E-state index is -0.856. The van der Waals surface area contributed by atoms with Crippen LogP contribution in [0.3, 0.4) is 0 Å². The van der Waals surface area contributed by atoms with Gasteiger partial charge in [-0.3, -0.25) is 4.90 Å². The predicted molar refractivity (Wildman–Crippen MR) is 77.9 cm³/mol. The Morgan fingerprint density at radius 2 is 2.05 bits per heavy atom. The van der Waals surface area contributed by atoms with Gasteiger partial charge in [0.1, 0.15) is 0 Å². The normalized spacial score (nSPS) is 27.0. The minimum absolute atomic E-state index is 0.365. The van der Waals surface area contributed by atoms with Crippen LogP contribution in [0, 0.1) is 0 Å². The number of carboxylic acid groups (broad SMARTS) is 1. The van der Waals surface area contributed by atoms with E-state index >= 15 is 0 Å². The number of nitrogens with zero attached hydrogens (tertiary/aromatic N) is 1. The Morgan fingerprint density at radius 1 is 1.25 bits per heavy atom. The fraction of sp³-hybridized carbons (Fsp3) is 0.562. The van der Waals surface area contributed by atoms with Crippen molar-refractivity contribution in [3.05, 3.63) is 35.4 Å². The number of aromatic carboxylic acids is 1. The lowest BCUT2D eigenvalue weighted by Crippen LogP contribution is -2.43. The van der Waals surface area contributed by atoms with E-state index in [1.165, 1.54) is 31.2 Å². The Morgan fingerprint density at radius 3 is 2.70 bits per heavy atom. The van der Waals surface area contributed by atoms with Gasteiger partial charge in [-0.1, -0.05) is 12.1 Å². The number of rotatable bonds is 4. The van der Waals surface area contributed by atoms with Gasteiger partial charge in [0.25, 0.3) is 0 Å². The van der Waals surface area contributed by atoms with Crippen LogP contribution in [0.2, 0.25) is 0 Å². The highest BCUT2D eigenvalue weighted by molar-refractivity contribution is 5.87. The summed E-state index contributed by atoms with van der Waals surface area (Å²) < 4.78 is 0. The number of carboxylic acids is 1. The van der Waals surface area contributed by atoms with Gasteiger partial charge in [0.15, 0.2) is 0 Å². The van der Waals surface area contributed by atoms with Gasteiger partial charge in [-0.25, -0.2) is 4.79 Å². The lowest BCUT2D eigenvalue weighted by atomic mass is 10.0. The molecule has 2 aliphatic heterocycles. The van der Waals surface area contributed by atoms with Crippen molar-refractivity contribution in [3.63, 3.8) is 0 Å². The molecule has 3 rings (SSSR count). The minimum Gasteiger partial charge on any atom is -0.478 e. The van der Waals surface area contributed by atoms with Crippen molar-refractivity contribution in [1.82, 2.24) is 10.2 Å². The third-order valence-corrected chi connectivity index (χ3v) is 4.56. The number of carbonyl (C=O) groups is 1. The molecule has 0 bridgehead atoms. The van der Waals surface area contributed by atoms with E-state index in [0.717, 1.165) is 19.6 Å². The van der Waals surface area contributed by atoms with Gasteiger partial charge in [0, 0.05) is 18.6 Å². The Bertz CT molecular complexity index is 466. The zero-order chi connectivity index (χ0) is 13.9. The van der Waals surface area contributed by atoms with E-state index in [4.69, 9.17) is 5.11 Å². The van der Waals surface area contributed by atoms with Crippen LogP contribution in [0.5, 0.6) is 0 Å². The van der Waals surface area contributed by atoms with Crippen LogP contribution >= 0.6 is 0 Å². The van der Waals surface area contributed by atoms with Crippen molar-refractivity contribution < 1.29 is 9.90 Å². The molecule has 2 N–H and O–H groups in total. The summed E-state index contributed by atoms with van der Waals surface area (Å²) in [4.78, 5) is 13.4. The van der Waals surface area contributed by atoms with Crippen molar-refractivity contribution in [2.45, 2.75) is 44.3 Å². The molecule has 0 spiro atoms. The first-order valence-corrected chi connectivity index (χ1v) is 7.54. The molecule has 2 fully saturated rings. The zero-order valence-electron chi connectivity index (χ0n) is 11.7. The van der Waals surface area contributed by atoms with E-state index in [1.54, 1.807) is 12.1 Å². The second-order valence-corrected chi connectivity index (χ2v) is 5.88. The zero-order valence-corrected chi connectivity index (χ0v) is 11.7. The monoisotopic (exact) mass is 274 g/mol. The summed E-state index contributed by atoms with van der Waals surface area (Å²) >= 11 is 0. The fourth-order valence-corrected chi connectivity index (χ4v) is 3.53. The van der Waals surface area contributed by atoms with Gasteiger partial charge >= 0.3 is 5.97 Å². The molecule has 2 heterocycles. The Hall–Kier alpha value is -1.39. The maximum atomic E-state index is 10.9. The Labute approximate surface area is 119 Å². The molecule has 2 saturated heterocycles. The van der Waals surface area contributed by atoms with Crippen LogP contribution in [0.4, 0.5) is 0 Å². The van der Waals surface area contributed by atoms with E-state index in [1.807, 2.05) is 12.1 Å². The molecule has 0 saturated carbocycles. The molecule has 0 aliphatic carbocycles. The first-order chi connectivity index (χ1) is 9.74. The molecule has 2 aliphatic rings. The van der Waals surface area contributed by atoms with Gasteiger partial charge in [-0.15, -0.1) is 0 Å². The number of nitrogens with one attached hydrogen (secondary N) is 1. The predicted octanol–water partition coefficient (Wildman–Crippen LogP) is 2.10. The van der Waals surface area contributed by atoms with Crippen molar-refractivity contribution >= 4 is 5.97 Å². The molecule has 2 unspecified atom stereocenters. The number of hydrogen-bond donors (Lipinski definition) is 2. The summed E-state index contributed by atoms with van der Waals surface area (Å²) in [5, 5.41) is 12.5. The van der Waals surface area contributed by atoms with Crippen molar-refractivity contribution in [1.29, 1.82) is 0 Å². The highest BCUT2D eigenvalue weighted by atomic mass is 16.4. The molecule has 20 heavy (non-hydrogen) atoms. The summed E-state index contributed by atoms with van der Waals surface area (Å²) in [6, 6.07) is 8.60. The third kappa shape index (κ3) is 2.86. The maximum absolute atomic E-state index is 10.9. The van der Waals surface area contributed by atoms with Crippen LogP contribution in [0.25, 0.3) is 0 Å². The van der Waals surface area contributed by atoms with Crippen LogP contribution < -0.4 is 5.32 Å². The topological polar surface area (TPSA) is 52.6 Å². The number of hydrogen-bond acceptors (Lipinski definition) is 3. The first kappa shape index (κ1) is 13.6. The highest BCUT2D eigenvalue weighted by Crippen LogP contribution is 2.26. The molecule has 108 valence electrons. The summed E-state index contributed by atoms with van der Waals surface area (Å²) in [6.45, 7) is 3.24. The molecule has 4 heteroatoms. The standard InChI is InChI=1S/C16H22N2O2/c19-16(20)13-7-5-12(6-8-13)11-18-10-2-4-15(18)14-3-1-9-17-14/h5-8,14-15,17H,1-4,9-11H2,(H,19,20). The average Bonchev–Trinajstić information content (AvgIpc) is 3.09. The third-order valence-electron chi connectivity index (χ3n) is 4.56. The molecule has 0 radical (unpaired) electrons. The van der Waals surface area contributed by atoms with Crippen molar-refractivity contribution in [2.24, 2.45) is 0 Å². The number of benzene rings is 1. The van der Waals surface area contributed by atoms with Gasteiger partial charge < -0.3 is 10.4 Å². The second kappa shape index (κ2) is 5.94. The van der Waals surface area contributed by atoms with Crippen LogP contribution in [-0.2, 0) is 6.54 Å². The molecule has 0 amide bonds. The quantitative estimate of drug-likeness (QED) is 0.883. The van der Waals surface area contributed by atoms with E-state index in [-0.39, 0.29) is 0 Å². The lowest BCUT2D eigenvalue weighted by Gasteiger charge is -2.29. The van der Waals surface area contributed by atoms with Crippen LogP contribution in [0.1, 0.15) is 41.6 Å². The number of likely N-dealkylation sites (tertiary alicyclic amines) is 1. The fourth-order valence-electron chi connectivity index (χ4n) is 3.53. The summed E-state index contributed by atoms with van der Waals surface area (Å²) in [5.41, 5.74) is 1.57. The van der Waals surface area contributed by atoms with Gasteiger partial charge in [0.2, 0.25) is 0 Å². The Kier molecular flexibility index (Phi) is 4.03. The van der Waals surface area contributed by atoms with E-state index in [0.29, 0.717) is 17.6 Å². The van der Waals surface area contributed by atoms with Gasteiger partial charge in [-0.2, -0.15) is 0 Å². The van der Waals surface area contributed by atoms with E-state index < -0.39 is 5.97 Å². The largest absolute Gasteiger partial charge is 0.478 e. The molecular formula is C16H22N2O2. The van der Waals surface area contributed by atoms with Gasteiger partial charge in [-0.05, 0) is 56.5 Å². The highest BCUT2D eigenvalue weighted by Gasteiger charge is 2.32. The van der Waals surface area contributed by atoms with Crippen LogP contribution in [-0.4, -0.2) is 41.1 Å². The van der Waals surface area contributed by atoms with Crippen molar-refractivity contribution in [3.8, 4) is 0 Å². The van der Waals surface area contributed by atoms with E-state index in [2.05, 4.69) is 10.2 Å². The first-order valence-electron chi connectivity index (χ1n) is 7.54. The average molecular weight is 274 g/mol. The SMILES string of the molecule is O=C(O)c1ccc(CN2CCCC2C2CCCN2)cc1. The maximum Gasteiger partial charge on any atom is 0.335 e. The smallest absolute Gasteiger partial charge is 0.335 e. The van der Waals surface area contributed by atoms with E-state index in [9.17, 15) is 4.79 Å². The second-order valence-electron chi connectivity index (χ2n) is 5.88. The van der Waals surface area contributed by atoms with Crippen molar-refractivity contribution in [2.75, 3.05) is 13.1 Å². The molecule has 1 aromatic carbocycles. The summed E-state index contributed by atoms with van der Waals surface area (Å²) in [5.74, 6) is -0.856. The molecule has 1 aromatic rings. The molecular weight excluding hydrogens is 252 g/mol. The van der Waals surface area contributed by atoms with Gasteiger partial charge in [0.05, 0.1) is 5.56 Å². The molecule has 4 nitrogen and oxygen atoms in total. The summed E-state index contributed by atoms with van der Waals surface area (Å²) in [6.07, 6.45) is 5.14.